The predicted octanol–water partition coefficient (Wildman–Crippen LogP) is 2.11. The number of carboxylic acids is 1. The van der Waals surface area contributed by atoms with Crippen LogP contribution in [0.5, 0.6) is 0 Å². The molecule has 1 N–H and O–H groups in total. The van der Waals surface area contributed by atoms with Crippen LogP contribution in [0.3, 0.4) is 0 Å². The molecule has 150 valence electrons. The Morgan fingerprint density at radius 2 is 1.89 bits per heavy atom. The zero-order chi connectivity index (χ0) is 20.2. The molecular weight excluding hydrogens is 368 g/mol. The molecule has 7 nitrogen and oxygen atoms in total. The molecule has 0 aliphatic carbocycles. The maximum Gasteiger partial charge on any atom is 0.305 e. The molecule has 1 unspecified atom stereocenters. The van der Waals surface area contributed by atoms with Gasteiger partial charge in [-0.15, -0.1) is 0 Å². The van der Waals surface area contributed by atoms with Gasteiger partial charge >= 0.3 is 5.97 Å². The van der Waals surface area contributed by atoms with Gasteiger partial charge in [-0.05, 0) is 45.7 Å². The van der Waals surface area contributed by atoms with Crippen molar-refractivity contribution in [3.63, 3.8) is 0 Å². The van der Waals surface area contributed by atoms with Gasteiger partial charge in [0.15, 0.2) is 0 Å². The molecule has 2 rings (SSSR count). The highest BCUT2D eigenvalue weighted by Crippen LogP contribution is 2.26. The minimum absolute atomic E-state index is 0.123. The first-order chi connectivity index (χ1) is 12.6. The number of carbonyl (C=O) groups is 2. The third-order valence-electron chi connectivity index (χ3n) is 4.87. The quantitative estimate of drug-likeness (QED) is 0.762. The molecule has 8 heteroatoms. The molecule has 1 aliphatic heterocycles. The minimum Gasteiger partial charge on any atom is -0.481 e. The highest BCUT2D eigenvalue weighted by atomic mass is 32.2. The summed E-state index contributed by atoms with van der Waals surface area (Å²) in [7, 11) is -3.65. The van der Waals surface area contributed by atoms with E-state index in [1.54, 1.807) is 29.2 Å². The van der Waals surface area contributed by atoms with Crippen molar-refractivity contribution in [3.8, 4) is 0 Å². The molecular formula is C19H28N2O5S. The summed E-state index contributed by atoms with van der Waals surface area (Å²) < 4.78 is 27.2. The molecule has 1 fully saturated rings. The number of carboxylic acid groups (broad SMARTS) is 1. The van der Waals surface area contributed by atoms with Crippen molar-refractivity contribution in [1.82, 2.24) is 9.21 Å². The number of aryl methyl sites for hydroxylation is 1. The average Bonchev–Trinajstić information content (AvgIpc) is 2.61. The lowest BCUT2D eigenvalue weighted by atomic mass is 9.97. The third kappa shape index (κ3) is 5.29. The summed E-state index contributed by atoms with van der Waals surface area (Å²) in [5.74, 6) is -1.58. The highest BCUT2D eigenvalue weighted by molar-refractivity contribution is 7.89. The van der Waals surface area contributed by atoms with Crippen molar-refractivity contribution in [1.29, 1.82) is 0 Å². The van der Waals surface area contributed by atoms with Crippen molar-refractivity contribution in [3.05, 3.63) is 29.8 Å². The molecule has 1 heterocycles. The van der Waals surface area contributed by atoms with Gasteiger partial charge in [-0.3, -0.25) is 9.59 Å². The van der Waals surface area contributed by atoms with Crippen molar-refractivity contribution < 1.29 is 23.1 Å². The number of benzene rings is 1. The SMILES string of the molecule is Cc1ccc(S(=O)(=O)N2CCCC(C(=O)N(CCC(=O)O)C(C)C)C2)cc1. The third-order valence-corrected chi connectivity index (χ3v) is 6.74. The topological polar surface area (TPSA) is 95.0 Å². The molecule has 1 amide bonds. The van der Waals surface area contributed by atoms with Crippen LogP contribution < -0.4 is 0 Å². The maximum atomic E-state index is 12.9. The Bertz CT molecular complexity index is 774. The van der Waals surface area contributed by atoms with E-state index >= 15 is 0 Å². The van der Waals surface area contributed by atoms with Crippen molar-refractivity contribution in [2.75, 3.05) is 19.6 Å². The monoisotopic (exact) mass is 396 g/mol. The van der Waals surface area contributed by atoms with Crippen molar-refractivity contribution in [2.24, 2.45) is 5.92 Å². The van der Waals surface area contributed by atoms with E-state index in [0.717, 1.165) is 5.56 Å². The number of hydrogen-bond donors (Lipinski definition) is 1. The van der Waals surface area contributed by atoms with E-state index in [-0.39, 0.29) is 36.4 Å². The lowest BCUT2D eigenvalue weighted by molar-refractivity contribution is -0.141. The first kappa shape index (κ1) is 21.4. The Morgan fingerprint density at radius 3 is 2.44 bits per heavy atom. The van der Waals surface area contributed by atoms with E-state index < -0.39 is 21.9 Å². The lowest BCUT2D eigenvalue weighted by Gasteiger charge is -2.35. The minimum atomic E-state index is -3.65. The molecule has 1 atom stereocenters. The number of amides is 1. The van der Waals surface area contributed by atoms with Gasteiger partial charge in [0.25, 0.3) is 0 Å². The number of hydrogen-bond acceptors (Lipinski definition) is 4. The molecule has 0 aromatic heterocycles. The van der Waals surface area contributed by atoms with Gasteiger partial charge in [0.1, 0.15) is 0 Å². The Morgan fingerprint density at radius 1 is 1.26 bits per heavy atom. The van der Waals surface area contributed by atoms with Crippen LogP contribution in [0.2, 0.25) is 0 Å². The zero-order valence-electron chi connectivity index (χ0n) is 16.1. The molecule has 1 aromatic carbocycles. The number of aliphatic carboxylic acids is 1. The van der Waals surface area contributed by atoms with Gasteiger partial charge in [-0.1, -0.05) is 17.7 Å². The molecule has 0 radical (unpaired) electrons. The Labute approximate surface area is 161 Å². The second kappa shape index (κ2) is 8.84. The van der Waals surface area contributed by atoms with Gasteiger partial charge in [-0.25, -0.2) is 8.42 Å². The smallest absolute Gasteiger partial charge is 0.305 e. The summed E-state index contributed by atoms with van der Waals surface area (Å²) >= 11 is 0. The van der Waals surface area contributed by atoms with Crippen LogP contribution in [0.15, 0.2) is 29.2 Å². The van der Waals surface area contributed by atoms with E-state index in [4.69, 9.17) is 5.11 Å². The average molecular weight is 397 g/mol. The standard InChI is InChI=1S/C19H28N2O5S/c1-14(2)21(12-10-18(22)23)19(24)16-5-4-11-20(13-16)27(25,26)17-8-6-15(3)7-9-17/h6-9,14,16H,4-5,10-13H2,1-3H3,(H,22,23). The second-order valence-electron chi connectivity index (χ2n) is 7.28. The van der Waals surface area contributed by atoms with Crippen molar-refractivity contribution in [2.45, 2.75) is 51.0 Å². The number of piperidine rings is 1. The maximum absolute atomic E-state index is 12.9. The van der Waals surface area contributed by atoms with Crippen LogP contribution in [0.1, 0.15) is 38.7 Å². The first-order valence-electron chi connectivity index (χ1n) is 9.22. The van der Waals surface area contributed by atoms with E-state index in [2.05, 4.69) is 0 Å². The number of carbonyl (C=O) groups excluding carboxylic acids is 1. The van der Waals surface area contributed by atoms with Gasteiger partial charge in [-0.2, -0.15) is 4.31 Å². The summed E-state index contributed by atoms with van der Waals surface area (Å²) in [6, 6.07) is 6.55. The fourth-order valence-electron chi connectivity index (χ4n) is 3.30. The molecule has 0 bridgehead atoms. The zero-order valence-corrected chi connectivity index (χ0v) is 16.9. The summed E-state index contributed by atoms with van der Waals surface area (Å²) in [6.45, 7) is 6.21. The number of nitrogens with zero attached hydrogens (tertiary/aromatic N) is 2. The molecule has 1 saturated heterocycles. The Hall–Kier alpha value is -1.93. The van der Waals surface area contributed by atoms with Crippen molar-refractivity contribution >= 4 is 21.9 Å². The predicted molar refractivity (Wildman–Crippen MR) is 102 cm³/mol. The summed E-state index contributed by atoms with van der Waals surface area (Å²) in [5, 5.41) is 8.91. The highest BCUT2D eigenvalue weighted by Gasteiger charge is 2.35. The van der Waals surface area contributed by atoms with Crippen LogP contribution in [0.25, 0.3) is 0 Å². The van der Waals surface area contributed by atoms with E-state index in [9.17, 15) is 18.0 Å². The molecule has 27 heavy (non-hydrogen) atoms. The second-order valence-corrected chi connectivity index (χ2v) is 9.22. The van der Waals surface area contributed by atoms with Crippen LogP contribution in [0.4, 0.5) is 0 Å². The van der Waals surface area contributed by atoms with Crippen LogP contribution in [-0.4, -0.2) is 60.3 Å². The van der Waals surface area contributed by atoms with Crippen LogP contribution in [0, 0.1) is 12.8 Å². The molecule has 0 spiro atoms. The number of sulfonamides is 1. The molecule has 1 aromatic rings. The fourth-order valence-corrected chi connectivity index (χ4v) is 4.82. The first-order valence-corrected chi connectivity index (χ1v) is 10.7. The van der Waals surface area contributed by atoms with Gasteiger partial charge < -0.3 is 10.0 Å². The van der Waals surface area contributed by atoms with E-state index in [1.165, 1.54) is 4.31 Å². The van der Waals surface area contributed by atoms with Gasteiger partial charge in [0.05, 0.1) is 17.2 Å². The Kier molecular flexibility index (Phi) is 7.00. The van der Waals surface area contributed by atoms with Gasteiger partial charge in [0.2, 0.25) is 15.9 Å². The summed E-state index contributed by atoms with van der Waals surface area (Å²) in [4.78, 5) is 25.6. The van der Waals surface area contributed by atoms with E-state index in [1.807, 2.05) is 20.8 Å². The summed E-state index contributed by atoms with van der Waals surface area (Å²) in [5.41, 5.74) is 0.978. The molecule has 1 aliphatic rings. The summed E-state index contributed by atoms with van der Waals surface area (Å²) in [6.07, 6.45) is 1.09. The lowest BCUT2D eigenvalue weighted by Crippen LogP contribution is -2.48. The largest absolute Gasteiger partial charge is 0.481 e. The fraction of sp³-hybridized carbons (Fsp3) is 0.579. The van der Waals surface area contributed by atoms with Crippen LogP contribution in [-0.2, 0) is 19.6 Å². The Balaban J connectivity index is 2.15. The normalized spacial score (nSPS) is 18.4. The number of rotatable bonds is 7. The van der Waals surface area contributed by atoms with Gasteiger partial charge in [0, 0.05) is 25.7 Å². The van der Waals surface area contributed by atoms with E-state index in [0.29, 0.717) is 19.4 Å². The molecule has 0 saturated carbocycles. The van der Waals surface area contributed by atoms with Crippen LogP contribution >= 0.6 is 0 Å².